The fraction of sp³-hybridized carbons (Fsp3) is 0.625. The lowest BCUT2D eigenvalue weighted by Gasteiger charge is -2.27. The van der Waals surface area contributed by atoms with Crippen LogP contribution in [0.25, 0.3) is 0 Å². The number of methoxy groups -OCH3 is 1. The highest BCUT2D eigenvalue weighted by Crippen LogP contribution is 2.32. The van der Waals surface area contributed by atoms with Gasteiger partial charge >= 0.3 is 0 Å². The van der Waals surface area contributed by atoms with Crippen molar-refractivity contribution in [3.05, 3.63) is 29.3 Å². The van der Waals surface area contributed by atoms with Crippen LogP contribution >= 0.6 is 0 Å². The van der Waals surface area contributed by atoms with E-state index in [0.717, 1.165) is 12.3 Å². The second-order valence-corrected chi connectivity index (χ2v) is 5.10. The molecule has 0 heterocycles. The van der Waals surface area contributed by atoms with Crippen molar-refractivity contribution in [2.24, 2.45) is 0 Å². The smallest absolute Gasteiger partial charge is 0.119 e. The third-order valence-electron chi connectivity index (χ3n) is 3.63. The third-order valence-corrected chi connectivity index (χ3v) is 3.63. The molecule has 0 radical (unpaired) electrons. The Bertz CT molecular complexity index is 392. The Morgan fingerprint density at radius 2 is 2.21 bits per heavy atom. The molecule has 3 nitrogen and oxygen atoms in total. The molecule has 0 spiro atoms. The molecule has 3 heteroatoms. The van der Waals surface area contributed by atoms with E-state index in [1.807, 2.05) is 0 Å². The lowest BCUT2D eigenvalue weighted by molar-refractivity contribution is 0.146. The fourth-order valence-corrected chi connectivity index (χ4v) is 2.64. The van der Waals surface area contributed by atoms with Gasteiger partial charge in [0.05, 0.1) is 6.61 Å². The number of hydrogen-bond acceptors (Lipinski definition) is 3. The minimum Gasteiger partial charge on any atom is -0.491 e. The maximum atomic E-state index is 5.71. The molecule has 0 saturated heterocycles. The number of fused-ring (bicyclic) bond motifs is 1. The first-order valence-electron chi connectivity index (χ1n) is 7.33. The molecular formula is C16H25NO2. The highest BCUT2D eigenvalue weighted by Gasteiger charge is 2.19. The molecule has 1 atom stereocenters. The predicted molar refractivity (Wildman–Crippen MR) is 77.8 cm³/mol. The highest BCUT2D eigenvalue weighted by atomic mass is 16.5. The van der Waals surface area contributed by atoms with Gasteiger partial charge in [0.15, 0.2) is 0 Å². The first-order chi connectivity index (χ1) is 9.35. The summed E-state index contributed by atoms with van der Waals surface area (Å²) in [5.41, 5.74) is 2.90. The molecule has 1 aromatic carbocycles. The zero-order chi connectivity index (χ0) is 13.5. The maximum Gasteiger partial charge on any atom is 0.119 e. The predicted octanol–water partition coefficient (Wildman–Crippen LogP) is 3.09. The van der Waals surface area contributed by atoms with Crippen LogP contribution in [0.3, 0.4) is 0 Å². The summed E-state index contributed by atoms with van der Waals surface area (Å²) in [5, 5.41) is 3.64. The quantitative estimate of drug-likeness (QED) is 0.767. The van der Waals surface area contributed by atoms with Crippen molar-refractivity contribution in [3.63, 3.8) is 0 Å². The van der Waals surface area contributed by atoms with Gasteiger partial charge in [-0.25, -0.2) is 0 Å². The summed E-state index contributed by atoms with van der Waals surface area (Å²) in [6.07, 6.45) is 4.88. The maximum absolute atomic E-state index is 5.71. The van der Waals surface area contributed by atoms with E-state index in [-0.39, 0.29) is 0 Å². The molecule has 1 unspecified atom stereocenters. The Balaban J connectivity index is 2.06. The molecule has 106 valence electrons. The summed E-state index contributed by atoms with van der Waals surface area (Å²) in [7, 11) is 1.70. The molecule has 0 aliphatic heterocycles. The highest BCUT2D eigenvalue weighted by molar-refractivity contribution is 5.39. The van der Waals surface area contributed by atoms with Gasteiger partial charge in [-0.05, 0) is 55.5 Å². The summed E-state index contributed by atoms with van der Waals surface area (Å²) in [6.45, 7) is 4.54. The van der Waals surface area contributed by atoms with Gasteiger partial charge in [0.25, 0.3) is 0 Å². The van der Waals surface area contributed by atoms with Crippen molar-refractivity contribution in [1.29, 1.82) is 0 Å². The molecule has 0 bridgehead atoms. The van der Waals surface area contributed by atoms with Crippen molar-refractivity contribution in [1.82, 2.24) is 5.32 Å². The van der Waals surface area contributed by atoms with Crippen molar-refractivity contribution in [3.8, 4) is 5.75 Å². The van der Waals surface area contributed by atoms with E-state index >= 15 is 0 Å². The molecule has 2 rings (SSSR count). The largest absolute Gasteiger partial charge is 0.491 e. The SMILES string of the molecule is CCCNC1CCCc2ccc(OCCOC)cc21. The Kier molecular flexibility index (Phi) is 5.67. The molecule has 1 aliphatic carbocycles. The summed E-state index contributed by atoms with van der Waals surface area (Å²) < 4.78 is 10.7. The second-order valence-electron chi connectivity index (χ2n) is 5.10. The van der Waals surface area contributed by atoms with Crippen LogP contribution in [0.1, 0.15) is 43.4 Å². The van der Waals surface area contributed by atoms with Gasteiger partial charge in [0.1, 0.15) is 12.4 Å². The Morgan fingerprint density at radius 3 is 3.00 bits per heavy atom. The third kappa shape index (κ3) is 3.95. The summed E-state index contributed by atoms with van der Waals surface area (Å²) in [4.78, 5) is 0. The molecule has 0 aromatic heterocycles. The minimum absolute atomic E-state index is 0.495. The van der Waals surface area contributed by atoms with E-state index in [2.05, 4.69) is 30.4 Å². The van der Waals surface area contributed by atoms with Crippen molar-refractivity contribution >= 4 is 0 Å². The summed E-state index contributed by atoms with van der Waals surface area (Å²) in [6, 6.07) is 7.00. The summed E-state index contributed by atoms with van der Waals surface area (Å²) >= 11 is 0. The molecule has 0 amide bonds. The van der Waals surface area contributed by atoms with E-state index in [4.69, 9.17) is 9.47 Å². The zero-order valence-corrected chi connectivity index (χ0v) is 12.1. The van der Waals surface area contributed by atoms with Crippen LogP contribution < -0.4 is 10.1 Å². The van der Waals surface area contributed by atoms with Crippen LogP contribution in [0, 0.1) is 0 Å². The van der Waals surface area contributed by atoms with Crippen LogP contribution in [-0.2, 0) is 11.2 Å². The standard InChI is InChI=1S/C16H25NO2/c1-3-9-17-16-6-4-5-13-7-8-14(12-15(13)16)19-11-10-18-2/h7-8,12,16-17H,3-6,9-11H2,1-2H3. The molecule has 1 aromatic rings. The molecule has 0 saturated carbocycles. The van der Waals surface area contributed by atoms with Gasteiger partial charge in [-0.1, -0.05) is 13.0 Å². The van der Waals surface area contributed by atoms with Crippen molar-refractivity contribution in [2.75, 3.05) is 26.9 Å². The molecular weight excluding hydrogens is 238 g/mol. The van der Waals surface area contributed by atoms with E-state index in [0.29, 0.717) is 19.3 Å². The van der Waals surface area contributed by atoms with Gasteiger partial charge < -0.3 is 14.8 Å². The molecule has 1 aliphatic rings. The number of rotatable bonds is 7. The molecule has 1 N–H and O–H groups in total. The summed E-state index contributed by atoms with van der Waals surface area (Å²) in [5.74, 6) is 0.959. The number of ether oxygens (including phenoxy) is 2. The Labute approximate surface area is 116 Å². The normalized spacial score (nSPS) is 18.1. The van der Waals surface area contributed by atoms with Crippen LogP contribution in [0.15, 0.2) is 18.2 Å². The van der Waals surface area contributed by atoms with Crippen LogP contribution in [0.2, 0.25) is 0 Å². The van der Waals surface area contributed by atoms with Gasteiger partial charge in [0.2, 0.25) is 0 Å². The number of hydrogen-bond donors (Lipinski definition) is 1. The average molecular weight is 263 g/mol. The topological polar surface area (TPSA) is 30.5 Å². The van der Waals surface area contributed by atoms with E-state index < -0.39 is 0 Å². The van der Waals surface area contributed by atoms with Crippen molar-refractivity contribution < 1.29 is 9.47 Å². The number of aryl methyl sites for hydroxylation is 1. The number of benzene rings is 1. The first-order valence-corrected chi connectivity index (χ1v) is 7.33. The van der Waals surface area contributed by atoms with Gasteiger partial charge in [0, 0.05) is 13.2 Å². The molecule has 19 heavy (non-hydrogen) atoms. The van der Waals surface area contributed by atoms with Gasteiger partial charge in [-0.2, -0.15) is 0 Å². The Hall–Kier alpha value is -1.06. The van der Waals surface area contributed by atoms with Crippen LogP contribution in [0.4, 0.5) is 0 Å². The fourth-order valence-electron chi connectivity index (χ4n) is 2.64. The van der Waals surface area contributed by atoms with Gasteiger partial charge in [-0.3, -0.25) is 0 Å². The van der Waals surface area contributed by atoms with E-state index in [9.17, 15) is 0 Å². The zero-order valence-electron chi connectivity index (χ0n) is 12.1. The van der Waals surface area contributed by atoms with Crippen molar-refractivity contribution in [2.45, 2.75) is 38.6 Å². The first kappa shape index (κ1) is 14.4. The lowest BCUT2D eigenvalue weighted by atomic mass is 9.87. The molecule has 0 fully saturated rings. The van der Waals surface area contributed by atoms with Crippen LogP contribution in [-0.4, -0.2) is 26.9 Å². The Morgan fingerprint density at radius 1 is 1.32 bits per heavy atom. The van der Waals surface area contributed by atoms with Gasteiger partial charge in [-0.15, -0.1) is 0 Å². The average Bonchev–Trinajstić information content (AvgIpc) is 2.45. The monoisotopic (exact) mass is 263 g/mol. The van der Waals surface area contributed by atoms with E-state index in [1.165, 1.54) is 36.8 Å². The number of nitrogens with one attached hydrogen (secondary N) is 1. The minimum atomic E-state index is 0.495. The lowest BCUT2D eigenvalue weighted by Crippen LogP contribution is -2.25. The van der Waals surface area contributed by atoms with E-state index in [1.54, 1.807) is 7.11 Å². The second kappa shape index (κ2) is 7.51. The van der Waals surface area contributed by atoms with Crippen LogP contribution in [0.5, 0.6) is 5.75 Å².